The number of nitrogens with zero attached hydrogens (tertiary/aromatic N) is 2. The van der Waals surface area contributed by atoms with Gasteiger partial charge in [0, 0.05) is 12.1 Å². The molecule has 3 aromatic rings. The zero-order valence-corrected chi connectivity index (χ0v) is 13.8. The Bertz CT molecular complexity index is 850. The third-order valence-corrected chi connectivity index (χ3v) is 4.08. The highest BCUT2D eigenvalue weighted by Crippen LogP contribution is 2.24. The highest BCUT2D eigenvalue weighted by Gasteiger charge is 2.13. The third-order valence-electron chi connectivity index (χ3n) is 3.76. The van der Waals surface area contributed by atoms with Gasteiger partial charge in [0.1, 0.15) is 5.69 Å². The first kappa shape index (κ1) is 15.5. The van der Waals surface area contributed by atoms with Gasteiger partial charge in [0.15, 0.2) is 6.29 Å². The monoisotopic (exact) mass is 324 g/mol. The van der Waals surface area contributed by atoms with Gasteiger partial charge in [0.05, 0.1) is 10.7 Å². The van der Waals surface area contributed by atoms with Crippen molar-refractivity contribution in [2.45, 2.75) is 20.3 Å². The Morgan fingerprint density at radius 1 is 1.04 bits per heavy atom. The molecule has 3 rings (SSSR count). The second-order valence-corrected chi connectivity index (χ2v) is 6.11. The van der Waals surface area contributed by atoms with E-state index < -0.39 is 0 Å². The number of carbonyl (C=O) groups is 1. The van der Waals surface area contributed by atoms with Gasteiger partial charge in [-0.2, -0.15) is 5.10 Å². The van der Waals surface area contributed by atoms with Gasteiger partial charge in [-0.05, 0) is 43.2 Å². The minimum Gasteiger partial charge on any atom is -0.296 e. The van der Waals surface area contributed by atoms with Crippen molar-refractivity contribution in [1.29, 1.82) is 0 Å². The maximum absolute atomic E-state index is 11.1. The smallest absolute Gasteiger partial charge is 0.170 e. The number of hydrogen-bond acceptors (Lipinski definition) is 2. The van der Waals surface area contributed by atoms with Crippen LogP contribution < -0.4 is 0 Å². The summed E-state index contributed by atoms with van der Waals surface area (Å²) in [6.45, 7) is 4.06. The van der Waals surface area contributed by atoms with Crippen LogP contribution in [0.15, 0.2) is 48.5 Å². The number of benzene rings is 2. The van der Waals surface area contributed by atoms with Crippen LogP contribution in [0.5, 0.6) is 0 Å². The van der Waals surface area contributed by atoms with E-state index in [9.17, 15) is 4.79 Å². The molecule has 1 heterocycles. The van der Waals surface area contributed by atoms with E-state index in [-0.39, 0.29) is 0 Å². The summed E-state index contributed by atoms with van der Waals surface area (Å²) in [5.41, 5.74) is 5.61. The first-order valence-electron chi connectivity index (χ1n) is 7.43. The molecule has 0 saturated heterocycles. The van der Waals surface area contributed by atoms with E-state index in [1.807, 2.05) is 31.2 Å². The Kier molecular flexibility index (Phi) is 4.30. The summed E-state index contributed by atoms with van der Waals surface area (Å²) < 4.78 is 1.76. The molecule has 4 heteroatoms. The lowest BCUT2D eigenvalue weighted by Gasteiger charge is -2.10. The number of halogens is 1. The summed E-state index contributed by atoms with van der Waals surface area (Å²) in [6.07, 6.45) is 1.45. The van der Waals surface area contributed by atoms with E-state index in [1.165, 1.54) is 5.56 Å². The maximum Gasteiger partial charge on any atom is 0.170 e. The van der Waals surface area contributed by atoms with Crippen molar-refractivity contribution < 1.29 is 4.79 Å². The van der Waals surface area contributed by atoms with E-state index in [4.69, 9.17) is 11.6 Å². The second kappa shape index (κ2) is 6.39. The molecule has 3 nitrogen and oxygen atoms in total. The molecule has 2 aromatic carbocycles. The van der Waals surface area contributed by atoms with Crippen LogP contribution in [-0.4, -0.2) is 16.1 Å². The van der Waals surface area contributed by atoms with Crippen molar-refractivity contribution in [1.82, 2.24) is 9.78 Å². The van der Waals surface area contributed by atoms with Gasteiger partial charge in [0.25, 0.3) is 0 Å². The van der Waals surface area contributed by atoms with Crippen LogP contribution in [0, 0.1) is 13.8 Å². The molecule has 0 N–H and O–H groups in total. The van der Waals surface area contributed by atoms with E-state index in [1.54, 1.807) is 4.68 Å². The van der Waals surface area contributed by atoms with Crippen LogP contribution in [0.2, 0.25) is 5.02 Å². The van der Waals surface area contributed by atoms with Crippen molar-refractivity contribution >= 4 is 17.9 Å². The van der Waals surface area contributed by atoms with E-state index >= 15 is 0 Å². The lowest BCUT2D eigenvalue weighted by atomic mass is 10.1. The van der Waals surface area contributed by atoms with Crippen LogP contribution in [0.4, 0.5) is 0 Å². The number of aldehydes is 1. The quantitative estimate of drug-likeness (QED) is 0.660. The van der Waals surface area contributed by atoms with Gasteiger partial charge >= 0.3 is 0 Å². The fraction of sp³-hybridized carbons (Fsp3) is 0.158. The van der Waals surface area contributed by atoms with Gasteiger partial charge < -0.3 is 0 Å². The largest absolute Gasteiger partial charge is 0.296 e. The number of aromatic nitrogens is 2. The molecule has 0 bridgehead atoms. The van der Waals surface area contributed by atoms with Crippen LogP contribution in [-0.2, 0) is 6.42 Å². The van der Waals surface area contributed by atoms with E-state index in [0.29, 0.717) is 17.1 Å². The molecule has 0 unspecified atom stereocenters. The molecule has 1 aromatic heterocycles. The van der Waals surface area contributed by atoms with Crippen molar-refractivity contribution in [2.24, 2.45) is 0 Å². The summed E-state index contributed by atoms with van der Waals surface area (Å²) in [5, 5.41) is 4.99. The van der Waals surface area contributed by atoms with Gasteiger partial charge in [-0.15, -0.1) is 0 Å². The lowest BCUT2D eigenvalue weighted by molar-refractivity contribution is 0.111. The number of rotatable bonds is 4. The summed E-state index contributed by atoms with van der Waals surface area (Å²) >= 11 is 6.33. The molecule has 0 aliphatic carbocycles. The Labute approximate surface area is 140 Å². The predicted octanol–water partition coefficient (Wildman–Crippen LogP) is 4.55. The number of aryl methyl sites for hydroxylation is 2. The first-order chi connectivity index (χ1) is 11.1. The summed E-state index contributed by atoms with van der Waals surface area (Å²) in [7, 11) is 0. The van der Waals surface area contributed by atoms with Gasteiger partial charge in [-0.3, -0.25) is 4.79 Å². The third kappa shape index (κ3) is 3.35. The molecule has 0 spiro atoms. The fourth-order valence-electron chi connectivity index (χ4n) is 2.53. The molecule has 0 saturated carbocycles. The van der Waals surface area contributed by atoms with Crippen molar-refractivity contribution in [3.63, 3.8) is 0 Å². The van der Waals surface area contributed by atoms with Crippen LogP contribution >= 0.6 is 11.6 Å². The molecule has 0 radical (unpaired) electrons. The minimum atomic E-state index is 0.407. The molecular formula is C19H17ClN2O. The Balaban J connectivity index is 2.06. The molecule has 23 heavy (non-hydrogen) atoms. The van der Waals surface area contributed by atoms with Gasteiger partial charge in [0.2, 0.25) is 0 Å². The van der Waals surface area contributed by atoms with Crippen molar-refractivity contribution in [2.75, 3.05) is 0 Å². The van der Waals surface area contributed by atoms with Crippen molar-refractivity contribution in [3.05, 3.63) is 81.6 Å². The highest BCUT2D eigenvalue weighted by molar-refractivity contribution is 6.32. The summed E-state index contributed by atoms with van der Waals surface area (Å²) in [6, 6.07) is 15.9. The normalized spacial score (nSPS) is 10.7. The summed E-state index contributed by atoms with van der Waals surface area (Å²) in [4.78, 5) is 11.1. The van der Waals surface area contributed by atoms with E-state index in [0.717, 1.165) is 28.8 Å². The maximum atomic E-state index is 11.1. The number of hydrogen-bond donors (Lipinski definition) is 0. The Hall–Kier alpha value is -2.39. The molecule has 0 atom stereocenters. The zero-order chi connectivity index (χ0) is 16.4. The second-order valence-electron chi connectivity index (χ2n) is 5.71. The van der Waals surface area contributed by atoms with Crippen molar-refractivity contribution in [3.8, 4) is 5.69 Å². The average Bonchev–Trinajstić information content (AvgIpc) is 2.95. The molecule has 0 amide bonds. The number of carbonyl (C=O) groups excluding carboxylic acids is 1. The van der Waals surface area contributed by atoms with Gasteiger partial charge in [-0.25, -0.2) is 4.68 Å². The van der Waals surface area contributed by atoms with Crippen LogP contribution in [0.3, 0.4) is 0 Å². The fourth-order valence-corrected chi connectivity index (χ4v) is 2.73. The predicted molar refractivity (Wildman–Crippen MR) is 92.7 cm³/mol. The summed E-state index contributed by atoms with van der Waals surface area (Å²) in [5.74, 6) is 0. The SMILES string of the molecule is Cc1ccc(Cc2cc(C=O)nn2-c2cc(C)ccc2Cl)cc1. The van der Waals surface area contributed by atoms with E-state index in [2.05, 4.69) is 36.3 Å². The first-order valence-corrected chi connectivity index (χ1v) is 7.81. The Morgan fingerprint density at radius 2 is 1.74 bits per heavy atom. The Morgan fingerprint density at radius 3 is 2.43 bits per heavy atom. The molecule has 0 fully saturated rings. The van der Waals surface area contributed by atoms with Crippen LogP contribution in [0.25, 0.3) is 5.69 Å². The minimum absolute atomic E-state index is 0.407. The molecule has 0 aliphatic rings. The van der Waals surface area contributed by atoms with Gasteiger partial charge in [-0.1, -0.05) is 47.5 Å². The molecular weight excluding hydrogens is 308 g/mol. The zero-order valence-electron chi connectivity index (χ0n) is 13.1. The lowest BCUT2D eigenvalue weighted by Crippen LogP contribution is -2.04. The standard InChI is InChI=1S/C19H17ClN2O/c1-13-3-6-15(7-4-13)10-17-11-16(12-23)21-22(17)19-9-14(2)5-8-18(19)20/h3-9,11-12H,10H2,1-2H3. The average molecular weight is 325 g/mol. The molecule has 0 aliphatic heterocycles. The highest BCUT2D eigenvalue weighted by atomic mass is 35.5. The van der Waals surface area contributed by atoms with Crippen LogP contribution in [0.1, 0.15) is 32.9 Å². The molecule has 116 valence electrons. The topological polar surface area (TPSA) is 34.9 Å².